The lowest BCUT2D eigenvalue weighted by Crippen LogP contribution is -2.42. The number of thioether (sulfide) groups is 1. The topological polar surface area (TPSA) is 107 Å². The second-order valence-corrected chi connectivity index (χ2v) is 11.7. The van der Waals surface area contributed by atoms with Gasteiger partial charge in [0.1, 0.15) is 5.60 Å². The molecule has 1 aliphatic heterocycles. The van der Waals surface area contributed by atoms with Crippen molar-refractivity contribution in [2.75, 3.05) is 25.5 Å². The monoisotopic (exact) mass is 540 g/mol. The first-order chi connectivity index (χ1) is 17.9. The van der Waals surface area contributed by atoms with Gasteiger partial charge >= 0.3 is 6.09 Å². The molecule has 1 aliphatic rings. The van der Waals surface area contributed by atoms with Crippen LogP contribution in [0.15, 0.2) is 41.4 Å². The van der Waals surface area contributed by atoms with Gasteiger partial charge in [0.25, 0.3) is 5.91 Å². The van der Waals surface area contributed by atoms with E-state index in [0.29, 0.717) is 29.7 Å². The minimum absolute atomic E-state index is 0.0825. The summed E-state index contributed by atoms with van der Waals surface area (Å²) >= 11 is 1.74. The average Bonchev–Trinajstić information content (AvgIpc) is 2.84. The minimum Gasteiger partial charge on any atom is -0.494 e. The predicted molar refractivity (Wildman–Crippen MR) is 148 cm³/mol. The summed E-state index contributed by atoms with van der Waals surface area (Å²) in [4.78, 5) is 32.0. The number of pyridine rings is 1. The fraction of sp³-hybridized carbons (Fsp3) is 0.393. The number of aromatic nitrogens is 1. The van der Waals surface area contributed by atoms with E-state index in [0.717, 1.165) is 34.2 Å². The zero-order valence-corrected chi connectivity index (χ0v) is 23.1. The number of fused-ring (bicyclic) bond motifs is 1. The summed E-state index contributed by atoms with van der Waals surface area (Å²) in [5.74, 6) is -1.03. The Balaban J connectivity index is 1.60. The Morgan fingerprint density at radius 3 is 2.53 bits per heavy atom. The quantitative estimate of drug-likeness (QED) is 0.393. The highest BCUT2D eigenvalue weighted by atomic mass is 32.2. The van der Waals surface area contributed by atoms with Crippen LogP contribution in [0, 0.1) is 12.7 Å². The molecule has 0 aliphatic carbocycles. The van der Waals surface area contributed by atoms with Crippen LogP contribution in [0.5, 0.6) is 5.75 Å². The van der Waals surface area contributed by atoms with Crippen molar-refractivity contribution < 1.29 is 23.5 Å². The zero-order valence-electron chi connectivity index (χ0n) is 22.3. The molecule has 1 saturated heterocycles. The first-order valence-electron chi connectivity index (χ1n) is 12.4. The third-order valence-corrected chi connectivity index (χ3v) is 7.53. The largest absolute Gasteiger partial charge is 0.494 e. The van der Waals surface area contributed by atoms with Gasteiger partial charge in [0, 0.05) is 46.6 Å². The van der Waals surface area contributed by atoms with E-state index in [2.05, 4.69) is 16.4 Å². The molecule has 0 radical (unpaired) electrons. The van der Waals surface area contributed by atoms with E-state index in [9.17, 15) is 14.0 Å². The van der Waals surface area contributed by atoms with Crippen LogP contribution < -0.4 is 15.8 Å². The average molecular weight is 541 g/mol. The summed E-state index contributed by atoms with van der Waals surface area (Å²) in [5, 5.41) is 4.29. The maximum atomic E-state index is 14.0. The molecule has 0 bridgehead atoms. The highest BCUT2D eigenvalue weighted by molar-refractivity contribution is 8.00. The number of piperidine rings is 1. The van der Waals surface area contributed by atoms with Gasteiger partial charge in [0.2, 0.25) is 0 Å². The van der Waals surface area contributed by atoms with Crippen LogP contribution in [0.4, 0.5) is 20.6 Å². The second kappa shape index (κ2) is 11.1. The third-order valence-electron chi connectivity index (χ3n) is 6.22. The summed E-state index contributed by atoms with van der Waals surface area (Å²) in [6.45, 7) is 8.83. The lowest BCUT2D eigenvalue weighted by molar-refractivity contribution is 0.0219. The molecular weight excluding hydrogens is 507 g/mol. The summed E-state index contributed by atoms with van der Waals surface area (Å²) in [6, 6.07) is 8.46. The number of aryl methyl sites for hydroxylation is 1. The number of likely N-dealkylation sites (tertiary alicyclic amines) is 1. The number of primary amides is 1. The lowest BCUT2D eigenvalue weighted by atomic mass is 10.1. The van der Waals surface area contributed by atoms with E-state index >= 15 is 0 Å². The van der Waals surface area contributed by atoms with Crippen molar-refractivity contribution in [1.82, 2.24) is 9.88 Å². The van der Waals surface area contributed by atoms with Crippen LogP contribution in [-0.4, -0.2) is 52.9 Å². The molecule has 2 aromatic carbocycles. The van der Waals surface area contributed by atoms with E-state index < -0.39 is 17.3 Å². The number of carbonyl (C=O) groups excluding carboxylic acids is 2. The Kier molecular flexibility index (Phi) is 8.01. The van der Waals surface area contributed by atoms with Crippen LogP contribution in [-0.2, 0) is 4.74 Å². The van der Waals surface area contributed by atoms with Crippen molar-refractivity contribution >= 4 is 46.0 Å². The van der Waals surface area contributed by atoms with Gasteiger partial charge < -0.3 is 25.4 Å². The van der Waals surface area contributed by atoms with Crippen molar-refractivity contribution in [2.45, 2.75) is 56.3 Å². The van der Waals surface area contributed by atoms with Gasteiger partial charge in [-0.2, -0.15) is 0 Å². The number of halogens is 1. The normalized spacial score (nSPS) is 14.4. The summed E-state index contributed by atoms with van der Waals surface area (Å²) < 4.78 is 24.6. The minimum atomic E-state index is -0.624. The molecule has 0 unspecified atom stereocenters. The molecule has 1 aromatic heterocycles. The van der Waals surface area contributed by atoms with Crippen molar-refractivity contribution in [3.05, 3.63) is 53.5 Å². The molecule has 1 fully saturated rings. The lowest BCUT2D eigenvalue weighted by Gasteiger charge is -2.33. The number of rotatable bonds is 6. The summed E-state index contributed by atoms with van der Waals surface area (Å²) in [7, 11) is 1.39. The number of carbonyl (C=O) groups is 2. The number of amides is 2. The SMILES string of the molecule is COc1cc(Nc2c(C(N)=O)cnc3c(C)cc(SC4CCN(C(=O)OC(C)(C)C)CC4)cc23)ccc1F. The summed E-state index contributed by atoms with van der Waals surface area (Å²) in [6.07, 6.45) is 2.85. The maximum absolute atomic E-state index is 14.0. The first kappa shape index (κ1) is 27.5. The Morgan fingerprint density at radius 2 is 1.89 bits per heavy atom. The van der Waals surface area contributed by atoms with Crippen molar-refractivity contribution in [1.29, 1.82) is 0 Å². The van der Waals surface area contributed by atoms with Gasteiger partial charge in [-0.3, -0.25) is 9.78 Å². The van der Waals surface area contributed by atoms with Gasteiger partial charge in [-0.05, 0) is 70.4 Å². The Hall–Kier alpha value is -3.53. The third kappa shape index (κ3) is 6.30. The molecule has 8 nitrogen and oxygen atoms in total. The van der Waals surface area contributed by atoms with Crippen molar-refractivity contribution in [2.24, 2.45) is 5.73 Å². The number of benzene rings is 2. The Bertz CT molecular complexity index is 1370. The number of nitrogens with one attached hydrogen (secondary N) is 1. The van der Waals surface area contributed by atoms with E-state index in [1.165, 1.54) is 25.4 Å². The molecule has 38 heavy (non-hydrogen) atoms. The van der Waals surface area contributed by atoms with Crippen LogP contribution >= 0.6 is 11.8 Å². The smallest absolute Gasteiger partial charge is 0.410 e. The van der Waals surface area contributed by atoms with Gasteiger partial charge in [0.05, 0.1) is 23.9 Å². The van der Waals surface area contributed by atoms with Crippen molar-refractivity contribution in [3.8, 4) is 5.75 Å². The Labute approximate surface area is 226 Å². The molecule has 3 aromatic rings. The fourth-order valence-corrected chi connectivity index (χ4v) is 5.66. The van der Waals surface area contributed by atoms with Crippen LogP contribution in [0.1, 0.15) is 49.5 Å². The number of hydrogen-bond donors (Lipinski definition) is 2. The molecular formula is C28H33FN4O4S. The standard InChI is InChI=1S/C28H33FN4O4S/c1-16-12-19(38-18-8-10-33(11-9-18)27(35)37-28(2,3)4)14-20-24(16)31-15-21(26(30)34)25(20)32-17-6-7-22(29)23(13-17)36-5/h6-7,12-15,18H,8-11H2,1-5H3,(H2,30,34)(H,31,32). The Morgan fingerprint density at radius 1 is 1.18 bits per heavy atom. The van der Waals surface area contributed by atoms with Gasteiger partial charge in [-0.25, -0.2) is 9.18 Å². The molecule has 0 saturated carbocycles. The molecule has 2 amide bonds. The van der Waals surface area contributed by atoms with E-state index in [1.54, 1.807) is 22.7 Å². The van der Waals surface area contributed by atoms with E-state index in [1.807, 2.05) is 33.8 Å². The van der Waals surface area contributed by atoms with Gasteiger partial charge in [0.15, 0.2) is 11.6 Å². The van der Waals surface area contributed by atoms with Crippen LogP contribution in [0.2, 0.25) is 0 Å². The highest BCUT2D eigenvalue weighted by Gasteiger charge is 2.27. The maximum Gasteiger partial charge on any atom is 0.410 e. The van der Waals surface area contributed by atoms with Crippen LogP contribution in [0.25, 0.3) is 10.9 Å². The zero-order chi connectivity index (χ0) is 27.6. The van der Waals surface area contributed by atoms with Crippen molar-refractivity contribution in [3.63, 3.8) is 0 Å². The fourth-order valence-electron chi connectivity index (χ4n) is 4.39. The molecule has 4 rings (SSSR count). The van der Waals surface area contributed by atoms with Gasteiger partial charge in [-0.1, -0.05) is 0 Å². The first-order valence-corrected chi connectivity index (χ1v) is 13.3. The highest BCUT2D eigenvalue weighted by Crippen LogP contribution is 2.38. The molecule has 3 N–H and O–H groups in total. The number of anilines is 2. The molecule has 202 valence electrons. The second-order valence-electron chi connectivity index (χ2n) is 10.3. The molecule has 10 heteroatoms. The van der Waals surface area contributed by atoms with E-state index in [4.69, 9.17) is 15.2 Å². The molecule has 0 atom stereocenters. The number of hydrogen-bond acceptors (Lipinski definition) is 7. The van der Waals surface area contributed by atoms with Crippen LogP contribution in [0.3, 0.4) is 0 Å². The number of methoxy groups -OCH3 is 1. The molecule has 0 spiro atoms. The number of nitrogens with two attached hydrogens (primary N) is 1. The summed E-state index contributed by atoms with van der Waals surface area (Å²) in [5.41, 5.74) is 8.13. The van der Waals surface area contributed by atoms with E-state index in [-0.39, 0.29) is 17.4 Å². The number of nitrogens with zero attached hydrogens (tertiary/aromatic N) is 2. The van der Waals surface area contributed by atoms with Gasteiger partial charge in [-0.15, -0.1) is 11.8 Å². The number of ether oxygens (including phenoxy) is 2. The molecule has 2 heterocycles. The predicted octanol–water partition coefficient (Wildman–Crippen LogP) is 6.03.